The van der Waals surface area contributed by atoms with Crippen molar-refractivity contribution >= 4 is 50.8 Å². The molecule has 1 heterocycles. The summed E-state index contributed by atoms with van der Waals surface area (Å²) < 4.78 is 5.76. The molecule has 0 bridgehead atoms. The summed E-state index contributed by atoms with van der Waals surface area (Å²) in [5, 5.41) is 10.5. The second-order valence-electron chi connectivity index (χ2n) is 12.0. The van der Waals surface area contributed by atoms with Gasteiger partial charge >= 0.3 is 0 Å². The smallest absolute Gasteiger partial charge is 0.238 e. The van der Waals surface area contributed by atoms with Gasteiger partial charge in [0.15, 0.2) is 28.8 Å². The highest BCUT2D eigenvalue weighted by Crippen LogP contribution is 2.56. The molecule has 4 aliphatic rings. The molecule has 46 heavy (non-hydrogen) atoms. The van der Waals surface area contributed by atoms with Crippen molar-refractivity contribution < 1.29 is 33.8 Å². The Kier molecular flexibility index (Phi) is 7.24. The molecule has 1 saturated heterocycles. The second kappa shape index (κ2) is 11.2. The molecular weight excluding hydrogens is 650 g/mol. The lowest BCUT2D eigenvalue weighted by Crippen LogP contribution is -2.39. The highest BCUT2D eigenvalue weighted by atomic mass is 79.9. The molecule has 8 nitrogen and oxygen atoms in total. The Morgan fingerprint density at radius 1 is 0.935 bits per heavy atom. The van der Waals surface area contributed by atoms with Gasteiger partial charge < -0.3 is 9.84 Å². The number of amides is 2. The Labute approximate surface area is 273 Å². The number of nitrogens with zero attached hydrogens (tertiary/aromatic N) is 1. The monoisotopic (exact) mass is 677 g/mol. The van der Waals surface area contributed by atoms with Crippen LogP contribution in [0.25, 0.3) is 0 Å². The Bertz CT molecular complexity index is 1970. The average Bonchev–Trinajstić information content (AvgIpc) is 3.33. The molecule has 0 aromatic heterocycles. The summed E-state index contributed by atoms with van der Waals surface area (Å²) in [6.07, 6.45) is 3.73. The maximum atomic E-state index is 14.2. The van der Waals surface area contributed by atoms with E-state index in [-0.39, 0.29) is 53.5 Å². The molecule has 0 saturated carbocycles. The van der Waals surface area contributed by atoms with Crippen molar-refractivity contribution in [3.8, 4) is 11.5 Å². The molecule has 1 N–H and O–H groups in total. The predicted octanol–water partition coefficient (Wildman–Crippen LogP) is 6.03. The summed E-state index contributed by atoms with van der Waals surface area (Å²) in [7, 11) is 1.42. The van der Waals surface area contributed by atoms with Crippen LogP contribution in [-0.4, -0.2) is 41.4 Å². The number of methoxy groups -OCH3 is 1. The largest absolute Gasteiger partial charge is 0.503 e. The zero-order valence-corrected chi connectivity index (χ0v) is 26.5. The molecule has 2 amide bonds. The van der Waals surface area contributed by atoms with Crippen molar-refractivity contribution in [2.45, 2.75) is 25.7 Å². The summed E-state index contributed by atoms with van der Waals surface area (Å²) in [5.74, 6) is -3.88. The van der Waals surface area contributed by atoms with Crippen LogP contribution in [0.15, 0.2) is 106 Å². The summed E-state index contributed by atoms with van der Waals surface area (Å²) in [6.45, 7) is 1.60. The van der Waals surface area contributed by atoms with Crippen LogP contribution < -0.4 is 9.64 Å². The lowest BCUT2D eigenvalue weighted by atomic mass is 9.59. The first-order valence-corrected chi connectivity index (χ1v) is 15.7. The normalized spacial score (nSPS) is 23.8. The van der Waals surface area contributed by atoms with Gasteiger partial charge in [0.05, 0.1) is 29.1 Å². The molecule has 1 aliphatic heterocycles. The summed E-state index contributed by atoms with van der Waals surface area (Å²) in [5.41, 5.74) is 3.78. The number of hydrogen-bond acceptors (Lipinski definition) is 7. The number of anilines is 1. The number of phenols is 1. The molecule has 3 aromatic rings. The molecule has 4 atom stereocenters. The van der Waals surface area contributed by atoms with Crippen molar-refractivity contribution in [3.05, 3.63) is 122 Å². The van der Waals surface area contributed by atoms with Crippen molar-refractivity contribution in [2.75, 3.05) is 12.0 Å². The number of fused-ring (bicyclic) bond motifs is 3. The SMILES string of the molecule is COc1cc(C2C3=CCC4C(=O)N(c5ccc(C(=O)c6ccccc6)cc5)C(=O)C4C3CC3=C2C(=O)C=C(C)C3=O)cc(Br)c1O. The molecular formula is C37H28BrNO7. The van der Waals surface area contributed by atoms with Gasteiger partial charge in [-0.2, -0.15) is 0 Å². The quantitative estimate of drug-likeness (QED) is 0.152. The van der Waals surface area contributed by atoms with E-state index >= 15 is 0 Å². The number of benzene rings is 3. The third-order valence-corrected chi connectivity index (χ3v) is 10.2. The molecule has 0 spiro atoms. The van der Waals surface area contributed by atoms with Gasteiger partial charge in [0.25, 0.3) is 0 Å². The summed E-state index contributed by atoms with van der Waals surface area (Å²) >= 11 is 3.38. The van der Waals surface area contributed by atoms with Gasteiger partial charge in [-0.25, -0.2) is 0 Å². The Morgan fingerprint density at radius 3 is 2.33 bits per heavy atom. The molecule has 230 valence electrons. The van der Waals surface area contributed by atoms with Crippen LogP contribution in [0, 0.1) is 17.8 Å². The first kappa shape index (κ1) is 29.8. The van der Waals surface area contributed by atoms with Crippen LogP contribution in [0.1, 0.15) is 47.2 Å². The van der Waals surface area contributed by atoms with Crippen LogP contribution in [0.4, 0.5) is 5.69 Å². The molecule has 9 heteroatoms. The second-order valence-corrected chi connectivity index (χ2v) is 12.9. The van der Waals surface area contributed by atoms with E-state index in [1.54, 1.807) is 67.6 Å². The van der Waals surface area contributed by atoms with Gasteiger partial charge in [-0.05, 0) is 89.7 Å². The summed E-state index contributed by atoms with van der Waals surface area (Å²) in [4.78, 5) is 69.3. The van der Waals surface area contributed by atoms with Crippen LogP contribution in [0.3, 0.4) is 0 Å². The fourth-order valence-corrected chi connectivity index (χ4v) is 7.91. The van der Waals surface area contributed by atoms with Crippen LogP contribution in [0.5, 0.6) is 11.5 Å². The van der Waals surface area contributed by atoms with E-state index in [0.717, 1.165) is 5.57 Å². The van der Waals surface area contributed by atoms with Gasteiger partial charge in [0.1, 0.15) is 0 Å². The predicted molar refractivity (Wildman–Crippen MR) is 172 cm³/mol. The zero-order valence-electron chi connectivity index (χ0n) is 25.0. The summed E-state index contributed by atoms with van der Waals surface area (Å²) in [6, 6.07) is 18.6. The van der Waals surface area contributed by atoms with Gasteiger partial charge in [0.2, 0.25) is 11.8 Å². The Hall–Kier alpha value is -4.89. The van der Waals surface area contributed by atoms with E-state index in [4.69, 9.17) is 4.74 Å². The van der Waals surface area contributed by atoms with Gasteiger partial charge in [-0.15, -0.1) is 0 Å². The standard InChI is InChI=1S/C37H28BrNO7/c1-18-14-28(40)32-26(33(18)41)17-25-23(30(32)21-15-27(38)35(43)29(16-21)46-2)12-13-24-31(25)37(45)39(36(24)44)22-10-8-20(9-11-22)34(42)19-6-4-3-5-7-19/h3-12,14-16,24-25,30-31,43H,13,17H2,1-2H3. The highest BCUT2D eigenvalue weighted by Gasteiger charge is 2.56. The van der Waals surface area contributed by atoms with E-state index in [9.17, 15) is 29.1 Å². The number of rotatable bonds is 5. The van der Waals surface area contributed by atoms with Gasteiger partial charge in [-0.1, -0.05) is 42.0 Å². The molecule has 3 aromatic carbocycles. The Morgan fingerprint density at radius 2 is 1.63 bits per heavy atom. The molecule has 4 unspecified atom stereocenters. The van der Waals surface area contributed by atoms with E-state index < -0.39 is 23.7 Å². The lowest BCUT2D eigenvalue weighted by molar-refractivity contribution is -0.123. The number of allylic oxidation sites excluding steroid dienone is 6. The number of Topliss-reactive ketones (excluding diaryl/α,β-unsaturated/α-hetero) is 1. The van der Waals surface area contributed by atoms with Crippen molar-refractivity contribution in [3.63, 3.8) is 0 Å². The number of hydrogen-bond donors (Lipinski definition) is 1. The van der Waals surface area contributed by atoms with Crippen LogP contribution >= 0.6 is 15.9 Å². The molecule has 3 aliphatic carbocycles. The van der Waals surface area contributed by atoms with Crippen molar-refractivity contribution in [1.29, 1.82) is 0 Å². The fraction of sp³-hybridized carbons (Fsp3) is 0.216. The number of ether oxygens (including phenoxy) is 1. The van der Waals surface area contributed by atoms with E-state index in [0.29, 0.717) is 43.6 Å². The number of phenolic OH excluding ortho intramolecular Hbond substituents is 1. The maximum Gasteiger partial charge on any atom is 0.238 e. The minimum atomic E-state index is -0.744. The first-order valence-electron chi connectivity index (χ1n) is 14.9. The number of carbonyl (C=O) groups is 5. The Balaban J connectivity index is 1.28. The third-order valence-electron chi connectivity index (χ3n) is 9.59. The third kappa shape index (κ3) is 4.52. The van der Waals surface area contributed by atoms with Crippen LogP contribution in [-0.2, 0) is 19.2 Å². The number of halogens is 1. The molecule has 1 fully saturated rings. The van der Waals surface area contributed by atoms with Gasteiger partial charge in [0, 0.05) is 33.8 Å². The molecule has 0 radical (unpaired) electrons. The highest BCUT2D eigenvalue weighted by molar-refractivity contribution is 9.10. The maximum absolute atomic E-state index is 14.2. The van der Waals surface area contributed by atoms with E-state index in [2.05, 4.69) is 15.9 Å². The van der Waals surface area contributed by atoms with Crippen LogP contribution in [0.2, 0.25) is 0 Å². The van der Waals surface area contributed by atoms with Crippen molar-refractivity contribution in [1.82, 2.24) is 0 Å². The number of ketones is 3. The van der Waals surface area contributed by atoms with Gasteiger partial charge in [-0.3, -0.25) is 28.9 Å². The average molecular weight is 679 g/mol. The number of carbonyl (C=O) groups excluding carboxylic acids is 5. The molecule has 7 rings (SSSR count). The van der Waals surface area contributed by atoms with Crippen molar-refractivity contribution in [2.24, 2.45) is 17.8 Å². The topological polar surface area (TPSA) is 118 Å². The minimum absolute atomic E-state index is 0.101. The minimum Gasteiger partial charge on any atom is -0.503 e. The zero-order chi connectivity index (χ0) is 32.4. The van der Waals surface area contributed by atoms with E-state index in [1.165, 1.54) is 18.1 Å². The lowest BCUT2D eigenvalue weighted by Gasteiger charge is -2.42. The fourth-order valence-electron chi connectivity index (χ4n) is 7.45. The van der Waals surface area contributed by atoms with E-state index in [1.807, 2.05) is 12.1 Å². The first-order chi connectivity index (χ1) is 22.1. The number of aromatic hydroxyl groups is 1. The number of imide groups is 1.